The first-order valence-corrected chi connectivity index (χ1v) is 12.2. The molecule has 0 atom stereocenters. The van der Waals surface area contributed by atoms with Gasteiger partial charge >= 0.3 is 5.97 Å². The van der Waals surface area contributed by atoms with Crippen molar-refractivity contribution in [2.75, 3.05) is 4.90 Å². The minimum absolute atomic E-state index is 0. The number of rotatable bonds is 5. The third-order valence-electron chi connectivity index (χ3n) is 5.79. The van der Waals surface area contributed by atoms with Crippen molar-refractivity contribution in [3.8, 4) is 10.4 Å². The summed E-state index contributed by atoms with van der Waals surface area (Å²) in [7, 11) is 0. The molecule has 0 spiro atoms. The molecule has 0 radical (unpaired) electrons. The molecule has 1 fully saturated rings. The summed E-state index contributed by atoms with van der Waals surface area (Å²) in [6.07, 6.45) is 5.89. The van der Waals surface area contributed by atoms with Crippen LogP contribution < -0.4 is 4.90 Å². The van der Waals surface area contributed by atoms with Crippen LogP contribution in [-0.4, -0.2) is 23.0 Å². The topological polar surface area (TPSA) is 57.6 Å². The largest absolute Gasteiger partial charge is 0.477 e. The number of hydrogen-bond donors (Lipinski definition) is 1. The number of thiophene rings is 1. The zero-order valence-electron chi connectivity index (χ0n) is 17.8. The number of carboxylic acid groups (broad SMARTS) is 1. The van der Waals surface area contributed by atoms with Crippen molar-refractivity contribution in [3.63, 3.8) is 0 Å². The monoisotopic (exact) mass is 523 g/mol. The number of halogens is 3. The fourth-order valence-corrected chi connectivity index (χ4v) is 5.72. The highest BCUT2D eigenvalue weighted by Crippen LogP contribution is 2.40. The van der Waals surface area contributed by atoms with Crippen molar-refractivity contribution < 1.29 is 14.7 Å². The zero-order chi connectivity index (χ0) is 22.7. The second-order valence-corrected chi connectivity index (χ2v) is 9.84. The van der Waals surface area contributed by atoms with Gasteiger partial charge in [0.1, 0.15) is 4.88 Å². The zero-order valence-corrected chi connectivity index (χ0v) is 20.9. The van der Waals surface area contributed by atoms with E-state index in [1.807, 2.05) is 36.4 Å². The van der Waals surface area contributed by atoms with Crippen LogP contribution in [0.4, 0.5) is 5.69 Å². The van der Waals surface area contributed by atoms with Crippen LogP contribution in [0.3, 0.4) is 0 Å². The van der Waals surface area contributed by atoms with Crippen molar-refractivity contribution in [2.45, 2.75) is 44.6 Å². The number of hydrogen-bond acceptors (Lipinski definition) is 3. The Bertz CT molecular complexity index is 1130. The predicted octanol–water partition coefficient (Wildman–Crippen LogP) is 8.21. The molecule has 1 N–H and O–H groups in total. The number of aromatic carboxylic acids is 1. The number of carbonyl (C=O) groups is 2. The molecule has 1 saturated carbocycles. The Kier molecular flexibility index (Phi) is 8.82. The lowest BCUT2D eigenvalue weighted by Gasteiger charge is -2.31. The molecule has 1 heterocycles. The van der Waals surface area contributed by atoms with Gasteiger partial charge in [-0.1, -0.05) is 79.2 Å². The number of carboxylic acids is 1. The van der Waals surface area contributed by atoms with Crippen molar-refractivity contribution in [1.29, 1.82) is 0 Å². The lowest BCUT2D eigenvalue weighted by Crippen LogP contribution is -2.41. The molecular formula is C25H24Cl3NO3S. The lowest BCUT2D eigenvalue weighted by atomic mass is 10.0. The maximum atomic E-state index is 13.8. The number of anilines is 1. The second-order valence-electron chi connectivity index (χ2n) is 7.94. The number of benzene rings is 2. The van der Waals surface area contributed by atoms with Gasteiger partial charge in [0.05, 0.1) is 16.3 Å². The van der Waals surface area contributed by atoms with Crippen LogP contribution >= 0.6 is 46.9 Å². The maximum absolute atomic E-state index is 13.8. The van der Waals surface area contributed by atoms with Gasteiger partial charge in [-0.15, -0.1) is 23.7 Å². The summed E-state index contributed by atoms with van der Waals surface area (Å²) in [6, 6.07) is 16.2. The first-order chi connectivity index (χ1) is 15.5. The molecular weight excluding hydrogens is 501 g/mol. The molecule has 4 rings (SSSR count). The third kappa shape index (κ3) is 5.72. The molecule has 0 aliphatic heterocycles. The average molecular weight is 525 g/mol. The van der Waals surface area contributed by atoms with Crippen molar-refractivity contribution >= 4 is 64.5 Å². The van der Waals surface area contributed by atoms with Crippen molar-refractivity contribution in [1.82, 2.24) is 0 Å². The van der Waals surface area contributed by atoms with Gasteiger partial charge in [-0.3, -0.25) is 4.79 Å². The normalized spacial score (nSPS) is 14.2. The minimum Gasteiger partial charge on any atom is -0.477 e. The standard InChI is InChI=1S/C25H23Cl2NO3S.ClH/c26-17-12-13-19(20(27)14-17)24(29)28(18-10-6-1-2-7-11-18)21-15-22(32-23(21)25(30)31)16-8-4-3-5-9-16;/h3-5,8-9,12-15,18H,1-2,6-7,10-11H2,(H,30,31);1H. The molecule has 4 nitrogen and oxygen atoms in total. The van der Waals surface area contributed by atoms with Crippen LogP contribution in [-0.2, 0) is 0 Å². The van der Waals surface area contributed by atoms with Gasteiger partial charge < -0.3 is 10.0 Å². The van der Waals surface area contributed by atoms with Gasteiger partial charge in [-0.25, -0.2) is 4.79 Å². The highest BCUT2D eigenvalue weighted by molar-refractivity contribution is 7.18. The van der Waals surface area contributed by atoms with Gasteiger partial charge in [-0.05, 0) is 42.7 Å². The van der Waals surface area contributed by atoms with Crippen molar-refractivity contribution in [3.05, 3.63) is 75.1 Å². The molecule has 0 saturated heterocycles. The minimum atomic E-state index is -1.04. The SMILES string of the molecule is Cl.O=C(O)c1sc(-c2ccccc2)cc1N(C(=O)c1ccc(Cl)cc1Cl)C1CCCCCC1. The third-order valence-corrected chi connectivity index (χ3v) is 7.50. The highest BCUT2D eigenvalue weighted by atomic mass is 35.5. The van der Waals surface area contributed by atoms with E-state index in [1.165, 1.54) is 11.3 Å². The smallest absolute Gasteiger partial charge is 0.348 e. The van der Waals surface area contributed by atoms with Gasteiger partial charge in [-0.2, -0.15) is 0 Å². The van der Waals surface area contributed by atoms with Gasteiger partial charge in [0.25, 0.3) is 5.91 Å². The van der Waals surface area contributed by atoms with E-state index >= 15 is 0 Å². The van der Waals surface area contributed by atoms with E-state index in [2.05, 4.69) is 0 Å². The van der Waals surface area contributed by atoms with Crippen molar-refractivity contribution in [2.24, 2.45) is 0 Å². The molecule has 0 bridgehead atoms. The van der Waals surface area contributed by atoms with E-state index < -0.39 is 5.97 Å². The molecule has 1 aliphatic rings. The summed E-state index contributed by atoms with van der Waals surface area (Å²) in [4.78, 5) is 28.7. The molecule has 3 aromatic rings. The van der Waals surface area contributed by atoms with Crippen LogP contribution in [0.2, 0.25) is 10.0 Å². The van der Waals surface area contributed by atoms with E-state index in [1.54, 1.807) is 23.1 Å². The van der Waals surface area contributed by atoms with Gasteiger partial charge in [0.2, 0.25) is 0 Å². The van der Waals surface area contributed by atoms with E-state index in [4.69, 9.17) is 23.2 Å². The summed E-state index contributed by atoms with van der Waals surface area (Å²) in [5, 5.41) is 10.7. The maximum Gasteiger partial charge on any atom is 0.348 e. The molecule has 2 aromatic carbocycles. The average Bonchev–Trinajstić information content (AvgIpc) is 3.04. The highest BCUT2D eigenvalue weighted by Gasteiger charge is 2.33. The van der Waals surface area contributed by atoms with Crippen LogP contribution in [0.5, 0.6) is 0 Å². The first kappa shape index (κ1) is 25.6. The van der Waals surface area contributed by atoms with E-state index in [9.17, 15) is 14.7 Å². The Morgan fingerprint density at radius 1 is 0.939 bits per heavy atom. The fourth-order valence-electron chi connectivity index (χ4n) is 4.24. The van der Waals surface area contributed by atoms with Crippen LogP contribution in [0.25, 0.3) is 10.4 Å². The van der Waals surface area contributed by atoms with Crippen LogP contribution in [0.1, 0.15) is 58.6 Å². The van der Waals surface area contributed by atoms with Gasteiger partial charge in [0.15, 0.2) is 0 Å². The van der Waals surface area contributed by atoms with Crippen LogP contribution in [0, 0.1) is 0 Å². The Balaban J connectivity index is 0.00000306. The molecule has 1 amide bonds. The quantitative estimate of drug-likeness (QED) is 0.342. The summed E-state index contributed by atoms with van der Waals surface area (Å²) >= 11 is 13.6. The first-order valence-electron chi connectivity index (χ1n) is 10.7. The van der Waals surface area contributed by atoms with E-state index in [0.29, 0.717) is 16.3 Å². The molecule has 8 heteroatoms. The molecule has 1 aliphatic carbocycles. The van der Waals surface area contributed by atoms with E-state index in [0.717, 1.165) is 49.0 Å². The lowest BCUT2D eigenvalue weighted by molar-refractivity contribution is 0.0703. The number of nitrogens with zero attached hydrogens (tertiary/aromatic N) is 1. The van der Waals surface area contributed by atoms with E-state index in [-0.39, 0.29) is 34.3 Å². The summed E-state index contributed by atoms with van der Waals surface area (Å²) in [5.74, 6) is -1.33. The molecule has 174 valence electrons. The number of amides is 1. The summed E-state index contributed by atoms with van der Waals surface area (Å²) in [6.45, 7) is 0. The fraction of sp³-hybridized carbons (Fsp3) is 0.280. The molecule has 1 aromatic heterocycles. The Hall–Kier alpha value is -2.05. The second kappa shape index (κ2) is 11.4. The molecule has 33 heavy (non-hydrogen) atoms. The predicted molar refractivity (Wildman–Crippen MR) is 139 cm³/mol. The summed E-state index contributed by atoms with van der Waals surface area (Å²) < 4.78 is 0. The molecule has 0 unspecified atom stereocenters. The Morgan fingerprint density at radius 3 is 2.21 bits per heavy atom. The Morgan fingerprint density at radius 2 is 1.61 bits per heavy atom. The Labute approximate surface area is 213 Å². The van der Waals surface area contributed by atoms with Gasteiger partial charge in [0, 0.05) is 15.9 Å². The number of carbonyl (C=O) groups excluding carboxylic acids is 1. The van der Waals surface area contributed by atoms with Crippen LogP contribution in [0.15, 0.2) is 54.6 Å². The summed E-state index contributed by atoms with van der Waals surface area (Å²) in [5.41, 5.74) is 1.68.